The Morgan fingerprint density at radius 2 is 1.85 bits per heavy atom. The lowest BCUT2D eigenvalue weighted by atomic mass is 9.95. The number of pyridine rings is 1. The molecule has 48 heavy (non-hydrogen) atoms. The predicted molar refractivity (Wildman–Crippen MR) is 174 cm³/mol. The zero-order valence-electron chi connectivity index (χ0n) is 29.0. The van der Waals surface area contributed by atoms with Gasteiger partial charge in [-0.3, -0.25) is 0 Å². The Kier molecular flexibility index (Phi) is 6.00. The van der Waals surface area contributed by atoms with Gasteiger partial charge in [0, 0.05) is 73.0 Å². The molecule has 0 spiro atoms. The van der Waals surface area contributed by atoms with E-state index >= 15 is 8.78 Å². The first-order valence-electron chi connectivity index (χ1n) is 17.9. The number of nitrogens with zero attached hydrogens (tertiary/aromatic N) is 5. The molecule has 2 aliphatic carbocycles. The number of nitrogens with one attached hydrogen (secondary N) is 1. The molecular weight excluding hydrogens is 621 g/mol. The van der Waals surface area contributed by atoms with Crippen molar-refractivity contribution in [2.75, 3.05) is 51.3 Å². The number of terminal acetylenes is 1. The fourth-order valence-corrected chi connectivity index (χ4v) is 8.26. The maximum Gasteiger partial charge on any atom is 0.319 e. The van der Waals surface area contributed by atoms with Gasteiger partial charge >= 0.3 is 6.01 Å². The largest absolute Gasteiger partial charge is 0.508 e. The van der Waals surface area contributed by atoms with Crippen LogP contribution in [-0.4, -0.2) is 89.6 Å². The SMILES string of the molecule is [2H]C([2H])([2H])Oc1nc(-c2cc(O)cc3ccc(F)c(C#C)c23)c(F)c2nc(OCC3(CN4CC5C(F)C5C4)CC3)nc(N3CC4CCC(C3)N4)c12. The number of piperazine rings is 1. The molecule has 2 N–H and O–H groups in total. The molecule has 3 saturated heterocycles. The maximum atomic E-state index is 17.2. The van der Waals surface area contributed by atoms with Crippen molar-refractivity contribution in [1.82, 2.24) is 25.2 Å². The van der Waals surface area contributed by atoms with E-state index < -0.39 is 36.4 Å². The predicted octanol–water partition coefficient (Wildman–Crippen LogP) is 4.82. The number of likely N-dealkylation sites (tertiary alicyclic amines) is 1. The number of methoxy groups -OCH3 is 1. The quantitative estimate of drug-likeness (QED) is 0.258. The molecule has 12 heteroatoms. The molecule has 4 atom stereocenters. The lowest BCUT2D eigenvalue weighted by Gasteiger charge is -2.34. The van der Waals surface area contributed by atoms with Crippen LogP contribution in [0.4, 0.5) is 19.0 Å². The molecule has 2 saturated carbocycles. The molecule has 0 amide bonds. The van der Waals surface area contributed by atoms with E-state index in [0.29, 0.717) is 18.5 Å². The molecule has 5 fully saturated rings. The van der Waals surface area contributed by atoms with Crippen molar-refractivity contribution >= 4 is 27.5 Å². The number of rotatable bonds is 8. The molecule has 3 aliphatic heterocycles. The Morgan fingerprint density at radius 3 is 2.56 bits per heavy atom. The molecular formula is C36H35F3N6O3. The average Bonchev–Trinajstić information content (AvgIpc) is 3.86. The minimum absolute atomic E-state index is 0.0490. The van der Waals surface area contributed by atoms with E-state index in [1.165, 1.54) is 18.2 Å². The van der Waals surface area contributed by atoms with Gasteiger partial charge in [-0.2, -0.15) is 9.97 Å². The van der Waals surface area contributed by atoms with E-state index in [1.807, 2.05) is 4.90 Å². The van der Waals surface area contributed by atoms with Gasteiger partial charge in [0.25, 0.3) is 0 Å². The Balaban J connectivity index is 1.19. The van der Waals surface area contributed by atoms with Crippen LogP contribution < -0.4 is 19.7 Å². The molecule has 0 radical (unpaired) electrons. The molecule has 2 bridgehead atoms. The molecule has 9 rings (SSSR count). The van der Waals surface area contributed by atoms with E-state index in [0.717, 1.165) is 51.4 Å². The summed E-state index contributed by atoms with van der Waals surface area (Å²) in [5.74, 6) is 0.327. The highest BCUT2D eigenvalue weighted by Crippen LogP contribution is 2.52. The molecule has 2 aromatic carbocycles. The van der Waals surface area contributed by atoms with Gasteiger partial charge in [0.1, 0.15) is 40.2 Å². The van der Waals surface area contributed by atoms with Gasteiger partial charge in [-0.05, 0) is 49.3 Å². The molecule has 5 aliphatic rings. The minimum Gasteiger partial charge on any atom is -0.508 e. The number of anilines is 1. The Labute approximate surface area is 279 Å². The number of piperidine rings is 1. The molecule has 4 unspecified atom stereocenters. The number of alkyl halides is 1. The van der Waals surface area contributed by atoms with E-state index in [9.17, 15) is 9.50 Å². The lowest BCUT2D eigenvalue weighted by Crippen LogP contribution is -2.51. The van der Waals surface area contributed by atoms with Crippen LogP contribution in [0, 0.1) is 41.2 Å². The fourth-order valence-electron chi connectivity index (χ4n) is 8.26. The van der Waals surface area contributed by atoms with Gasteiger partial charge in [0.2, 0.25) is 5.88 Å². The van der Waals surface area contributed by atoms with Crippen LogP contribution in [0.1, 0.15) is 35.4 Å². The smallest absolute Gasteiger partial charge is 0.319 e. The molecule has 5 heterocycles. The van der Waals surface area contributed by atoms with Crippen LogP contribution in [0.25, 0.3) is 32.9 Å². The van der Waals surface area contributed by atoms with Crippen LogP contribution in [0.2, 0.25) is 0 Å². The highest BCUT2D eigenvalue weighted by molar-refractivity contribution is 6.04. The summed E-state index contributed by atoms with van der Waals surface area (Å²) in [5, 5.41) is 14.6. The summed E-state index contributed by atoms with van der Waals surface area (Å²) >= 11 is 0. The summed E-state index contributed by atoms with van der Waals surface area (Å²) in [6, 6.07) is 5.28. The van der Waals surface area contributed by atoms with Crippen LogP contribution >= 0.6 is 0 Å². The third-order valence-electron chi connectivity index (χ3n) is 11.0. The van der Waals surface area contributed by atoms with Crippen LogP contribution in [0.5, 0.6) is 17.6 Å². The lowest BCUT2D eigenvalue weighted by molar-refractivity contribution is 0.155. The molecule has 4 aromatic rings. The summed E-state index contributed by atoms with van der Waals surface area (Å²) in [4.78, 5) is 17.9. The number of halogens is 3. The maximum absolute atomic E-state index is 17.2. The number of hydrogen-bond acceptors (Lipinski definition) is 9. The van der Waals surface area contributed by atoms with Crippen molar-refractivity contribution in [3.8, 4) is 41.2 Å². The minimum atomic E-state index is -3.00. The number of ether oxygens (including phenoxy) is 2. The average molecular weight is 660 g/mol. The first-order chi connectivity index (χ1) is 24.4. The van der Waals surface area contributed by atoms with Gasteiger partial charge in [-0.1, -0.05) is 12.0 Å². The standard InChI is InChI=1S/C36H35F3N6O3/c1-3-22-26(37)7-4-18-10-21(46)11-23(27(18)22)31-30(39)32-28(34(41-31)47-2)33(45-12-19-5-6-20(13-45)40-19)43-35(42-32)48-17-36(8-9-36)16-44-14-24-25(15-44)29(24)38/h1,4,7,10-11,19-20,24-25,29,40,46H,5-6,8-9,12-17H2,2H3/i2D3. The van der Waals surface area contributed by atoms with E-state index in [2.05, 4.69) is 26.1 Å². The number of hydrogen-bond donors (Lipinski definition) is 2. The number of fused-ring (bicyclic) bond motifs is 5. The van der Waals surface area contributed by atoms with Gasteiger partial charge in [0.15, 0.2) is 5.82 Å². The molecule has 2 aromatic heterocycles. The Bertz CT molecular complexity index is 2120. The van der Waals surface area contributed by atoms with E-state index in [1.54, 1.807) is 0 Å². The molecule has 248 valence electrons. The number of aromatic nitrogens is 3. The van der Waals surface area contributed by atoms with Crippen molar-refractivity contribution in [3.63, 3.8) is 0 Å². The molecule has 9 nitrogen and oxygen atoms in total. The van der Waals surface area contributed by atoms with E-state index in [-0.39, 0.29) is 80.9 Å². The number of phenols is 1. The number of aromatic hydroxyl groups is 1. The second kappa shape index (κ2) is 10.8. The highest BCUT2D eigenvalue weighted by Gasteiger charge is 2.58. The highest BCUT2D eigenvalue weighted by atomic mass is 19.1. The van der Waals surface area contributed by atoms with Gasteiger partial charge in [-0.15, -0.1) is 6.42 Å². The third-order valence-corrected chi connectivity index (χ3v) is 11.0. The van der Waals surface area contributed by atoms with Crippen molar-refractivity contribution in [1.29, 1.82) is 0 Å². The van der Waals surface area contributed by atoms with Crippen LogP contribution in [0.3, 0.4) is 0 Å². The van der Waals surface area contributed by atoms with Gasteiger partial charge in [0.05, 0.1) is 23.3 Å². The third kappa shape index (κ3) is 4.81. The fraction of sp³-hybridized carbons (Fsp3) is 0.472. The number of benzene rings is 2. The van der Waals surface area contributed by atoms with Crippen molar-refractivity contribution in [2.45, 2.75) is 43.9 Å². The summed E-state index contributed by atoms with van der Waals surface area (Å²) in [7, 11) is -3.00. The first-order valence-corrected chi connectivity index (χ1v) is 16.4. The second-order valence-corrected chi connectivity index (χ2v) is 14.2. The zero-order valence-corrected chi connectivity index (χ0v) is 26.0. The Morgan fingerprint density at radius 1 is 1.08 bits per heavy atom. The van der Waals surface area contributed by atoms with Crippen molar-refractivity contribution < 1.29 is 31.9 Å². The topological polar surface area (TPSA) is 95.9 Å². The van der Waals surface area contributed by atoms with Gasteiger partial charge in [-0.25, -0.2) is 18.2 Å². The van der Waals surface area contributed by atoms with Crippen LogP contribution in [0.15, 0.2) is 24.3 Å². The summed E-state index contributed by atoms with van der Waals surface area (Å²) in [6.07, 6.45) is 8.71. The summed E-state index contributed by atoms with van der Waals surface area (Å²) in [6.45, 7) is 3.51. The second-order valence-electron chi connectivity index (χ2n) is 14.2. The van der Waals surface area contributed by atoms with Crippen molar-refractivity contribution in [2.24, 2.45) is 17.3 Å². The zero-order chi connectivity index (χ0) is 35.4. The van der Waals surface area contributed by atoms with Crippen LogP contribution in [-0.2, 0) is 0 Å². The normalized spacial score (nSPS) is 28.1. The first kappa shape index (κ1) is 26.6. The van der Waals surface area contributed by atoms with Crippen molar-refractivity contribution in [3.05, 3.63) is 41.5 Å². The monoisotopic (exact) mass is 659 g/mol. The van der Waals surface area contributed by atoms with Gasteiger partial charge < -0.3 is 29.7 Å². The summed E-state index contributed by atoms with van der Waals surface area (Å²) in [5.41, 5.74) is -1.18. The summed E-state index contributed by atoms with van der Waals surface area (Å²) < 4.78 is 81.7. The number of phenolic OH excluding ortho intramolecular Hbond substituents is 1. The van der Waals surface area contributed by atoms with E-state index in [4.69, 9.17) is 25.0 Å². The Hall–Kier alpha value is -4.34.